The van der Waals surface area contributed by atoms with Crippen molar-refractivity contribution >= 4 is 11.6 Å². The summed E-state index contributed by atoms with van der Waals surface area (Å²) in [4.78, 5) is 25.5. The highest BCUT2D eigenvalue weighted by Crippen LogP contribution is 2.06. The van der Waals surface area contributed by atoms with Crippen molar-refractivity contribution in [3.8, 4) is 0 Å². The predicted octanol–water partition coefficient (Wildman–Crippen LogP) is 0.358. The molecule has 1 amide bonds. The summed E-state index contributed by atoms with van der Waals surface area (Å²) >= 11 is 0. The van der Waals surface area contributed by atoms with Crippen molar-refractivity contribution in [3.05, 3.63) is 28.7 Å². The highest BCUT2D eigenvalue weighted by Gasteiger charge is 2.03. The largest absolute Gasteiger partial charge is 0.327 e. The van der Waals surface area contributed by atoms with Crippen molar-refractivity contribution in [2.24, 2.45) is 0 Å². The standard InChI is InChI=1S/C8H10N2O2/c1-6(11)10(2)7-3-4-8(12)9-5-7/h3-5H,1-2H3,(H,9,12). The summed E-state index contributed by atoms with van der Waals surface area (Å²) in [6.45, 7) is 1.46. The zero-order valence-electron chi connectivity index (χ0n) is 7.00. The van der Waals surface area contributed by atoms with E-state index in [-0.39, 0.29) is 11.5 Å². The minimum Gasteiger partial charge on any atom is -0.327 e. The smallest absolute Gasteiger partial charge is 0.248 e. The Morgan fingerprint density at radius 3 is 2.58 bits per heavy atom. The van der Waals surface area contributed by atoms with Gasteiger partial charge in [0.1, 0.15) is 0 Å². The van der Waals surface area contributed by atoms with E-state index in [0.717, 1.165) is 0 Å². The lowest BCUT2D eigenvalue weighted by Crippen LogP contribution is -2.23. The number of aromatic nitrogens is 1. The van der Waals surface area contributed by atoms with E-state index in [9.17, 15) is 9.59 Å². The van der Waals surface area contributed by atoms with Gasteiger partial charge in [-0.15, -0.1) is 0 Å². The number of aromatic amines is 1. The van der Waals surface area contributed by atoms with E-state index in [4.69, 9.17) is 0 Å². The van der Waals surface area contributed by atoms with E-state index in [1.54, 1.807) is 13.1 Å². The number of nitrogens with one attached hydrogen (secondary N) is 1. The van der Waals surface area contributed by atoms with Crippen molar-refractivity contribution < 1.29 is 4.79 Å². The molecular weight excluding hydrogens is 156 g/mol. The average molecular weight is 166 g/mol. The lowest BCUT2D eigenvalue weighted by atomic mass is 10.4. The van der Waals surface area contributed by atoms with Gasteiger partial charge in [-0.1, -0.05) is 0 Å². The van der Waals surface area contributed by atoms with Crippen LogP contribution in [0, 0.1) is 0 Å². The van der Waals surface area contributed by atoms with Gasteiger partial charge in [-0.2, -0.15) is 0 Å². The molecule has 0 aliphatic carbocycles. The van der Waals surface area contributed by atoms with Crippen LogP contribution in [-0.4, -0.2) is 17.9 Å². The van der Waals surface area contributed by atoms with Gasteiger partial charge in [0.2, 0.25) is 11.5 Å². The van der Waals surface area contributed by atoms with Crippen LogP contribution >= 0.6 is 0 Å². The fourth-order valence-corrected chi connectivity index (χ4v) is 0.793. The molecule has 1 rings (SSSR count). The van der Waals surface area contributed by atoms with E-state index in [0.29, 0.717) is 5.69 Å². The molecule has 1 aromatic rings. The number of anilines is 1. The fraction of sp³-hybridized carbons (Fsp3) is 0.250. The van der Waals surface area contributed by atoms with Crippen LogP contribution in [0.1, 0.15) is 6.92 Å². The maximum absolute atomic E-state index is 10.9. The lowest BCUT2D eigenvalue weighted by molar-refractivity contribution is -0.116. The van der Waals surface area contributed by atoms with Crippen LogP contribution in [0.5, 0.6) is 0 Å². The van der Waals surface area contributed by atoms with Gasteiger partial charge in [0, 0.05) is 26.2 Å². The zero-order chi connectivity index (χ0) is 9.14. The van der Waals surface area contributed by atoms with Gasteiger partial charge >= 0.3 is 0 Å². The molecule has 64 valence electrons. The van der Waals surface area contributed by atoms with Crippen molar-refractivity contribution in [2.45, 2.75) is 6.92 Å². The maximum Gasteiger partial charge on any atom is 0.248 e. The Bertz CT molecular complexity index is 323. The predicted molar refractivity (Wildman–Crippen MR) is 46.1 cm³/mol. The van der Waals surface area contributed by atoms with Gasteiger partial charge in [-0.05, 0) is 6.07 Å². The number of carbonyl (C=O) groups excluding carboxylic acids is 1. The van der Waals surface area contributed by atoms with Crippen LogP contribution in [0.3, 0.4) is 0 Å². The second-order valence-electron chi connectivity index (χ2n) is 2.49. The molecule has 0 fully saturated rings. The molecule has 0 radical (unpaired) electrons. The van der Waals surface area contributed by atoms with Gasteiger partial charge in [0.05, 0.1) is 5.69 Å². The molecular formula is C8H10N2O2. The molecule has 0 spiro atoms. The Labute approximate surface area is 69.8 Å². The van der Waals surface area contributed by atoms with E-state index < -0.39 is 0 Å². The molecule has 1 aromatic heterocycles. The fourth-order valence-electron chi connectivity index (χ4n) is 0.793. The minimum atomic E-state index is -0.171. The highest BCUT2D eigenvalue weighted by atomic mass is 16.2. The molecule has 4 heteroatoms. The average Bonchev–Trinajstić information content (AvgIpc) is 2.04. The number of nitrogens with zero attached hydrogens (tertiary/aromatic N) is 1. The van der Waals surface area contributed by atoms with Gasteiger partial charge in [-0.3, -0.25) is 9.59 Å². The Balaban J connectivity index is 2.97. The number of carbonyl (C=O) groups is 1. The summed E-state index contributed by atoms with van der Waals surface area (Å²) in [6, 6.07) is 2.98. The van der Waals surface area contributed by atoms with E-state index in [2.05, 4.69) is 4.98 Å². The molecule has 1 N–H and O–H groups in total. The second-order valence-corrected chi connectivity index (χ2v) is 2.49. The van der Waals surface area contributed by atoms with Gasteiger partial charge in [-0.25, -0.2) is 0 Å². The first kappa shape index (κ1) is 8.52. The summed E-state index contributed by atoms with van der Waals surface area (Å²) in [6.07, 6.45) is 1.50. The topological polar surface area (TPSA) is 53.2 Å². The van der Waals surface area contributed by atoms with Crippen molar-refractivity contribution in [2.75, 3.05) is 11.9 Å². The van der Waals surface area contributed by atoms with Gasteiger partial charge in [0.15, 0.2) is 0 Å². The Hall–Kier alpha value is -1.58. The van der Waals surface area contributed by atoms with Crippen LogP contribution < -0.4 is 10.5 Å². The number of hydrogen-bond acceptors (Lipinski definition) is 2. The number of rotatable bonds is 1. The molecule has 0 aliphatic heterocycles. The summed E-state index contributed by atoms with van der Waals surface area (Å²) < 4.78 is 0. The summed E-state index contributed by atoms with van der Waals surface area (Å²) in [5, 5.41) is 0. The van der Waals surface area contributed by atoms with E-state index >= 15 is 0 Å². The first-order valence-electron chi connectivity index (χ1n) is 3.54. The second kappa shape index (κ2) is 3.21. The summed E-state index contributed by atoms with van der Waals surface area (Å²) in [5.41, 5.74) is 0.512. The van der Waals surface area contributed by atoms with E-state index in [1.807, 2.05) is 0 Å². The first-order valence-corrected chi connectivity index (χ1v) is 3.54. The molecule has 1 heterocycles. The van der Waals surface area contributed by atoms with Crippen LogP contribution in [0.15, 0.2) is 23.1 Å². The number of hydrogen-bond donors (Lipinski definition) is 1. The Morgan fingerprint density at radius 2 is 2.17 bits per heavy atom. The maximum atomic E-state index is 10.9. The zero-order valence-corrected chi connectivity index (χ0v) is 7.00. The third-order valence-electron chi connectivity index (χ3n) is 1.63. The third kappa shape index (κ3) is 1.72. The van der Waals surface area contributed by atoms with Crippen LogP contribution in [0.4, 0.5) is 5.69 Å². The molecule has 0 aromatic carbocycles. The molecule has 0 saturated carbocycles. The van der Waals surface area contributed by atoms with Gasteiger partial charge < -0.3 is 9.88 Å². The summed E-state index contributed by atoms with van der Waals surface area (Å²) in [7, 11) is 1.65. The normalized spacial score (nSPS) is 9.50. The highest BCUT2D eigenvalue weighted by molar-refractivity contribution is 5.90. The molecule has 0 saturated heterocycles. The van der Waals surface area contributed by atoms with Crippen LogP contribution in [-0.2, 0) is 4.79 Å². The number of H-pyrrole nitrogens is 1. The van der Waals surface area contributed by atoms with Crippen molar-refractivity contribution in [3.63, 3.8) is 0 Å². The third-order valence-corrected chi connectivity index (χ3v) is 1.63. The molecule has 0 bridgehead atoms. The lowest BCUT2D eigenvalue weighted by Gasteiger charge is -2.13. The monoisotopic (exact) mass is 166 g/mol. The Morgan fingerprint density at radius 1 is 1.50 bits per heavy atom. The van der Waals surface area contributed by atoms with Crippen LogP contribution in [0.2, 0.25) is 0 Å². The quantitative estimate of drug-likeness (QED) is 0.654. The summed E-state index contributed by atoms with van der Waals surface area (Å²) in [5.74, 6) is -0.0675. The van der Waals surface area contributed by atoms with Crippen molar-refractivity contribution in [1.82, 2.24) is 4.98 Å². The molecule has 0 atom stereocenters. The SMILES string of the molecule is CC(=O)N(C)c1ccc(=O)[nH]c1. The number of pyridine rings is 1. The molecule has 0 aliphatic rings. The van der Waals surface area contributed by atoms with Crippen LogP contribution in [0.25, 0.3) is 0 Å². The van der Waals surface area contributed by atoms with Gasteiger partial charge in [0.25, 0.3) is 0 Å². The molecule has 0 unspecified atom stereocenters. The Kier molecular flexibility index (Phi) is 2.28. The van der Waals surface area contributed by atoms with Crippen molar-refractivity contribution in [1.29, 1.82) is 0 Å². The van der Waals surface area contributed by atoms with E-state index in [1.165, 1.54) is 24.1 Å². The molecule has 4 nitrogen and oxygen atoms in total. The minimum absolute atomic E-state index is 0.0675. The first-order chi connectivity index (χ1) is 5.61. The molecule has 12 heavy (non-hydrogen) atoms. The number of amides is 1.